The van der Waals surface area contributed by atoms with Crippen LogP contribution >= 0.6 is 11.8 Å². The summed E-state index contributed by atoms with van der Waals surface area (Å²) < 4.78 is 71.3. The molecule has 2 aromatic rings. The molecule has 13 heteroatoms. The number of nitrogens with one attached hydrogen (secondary N) is 1. The summed E-state index contributed by atoms with van der Waals surface area (Å²) in [5, 5.41) is 2.70. The second-order valence-corrected chi connectivity index (χ2v) is 13.1. The van der Waals surface area contributed by atoms with E-state index in [4.69, 9.17) is 4.74 Å². The van der Waals surface area contributed by atoms with Crippen molar-refractivity contribution in [2.24, 2.45) is 0 Å². The van der Waals surface area contributed by atoms with Crippen LogP contribution in [0.3, 0.4) is 0 Å². The maximum atomic E-state index is 13.6. The molecule has 0 aliphatic carbocycles. The number of ether oxygens (including phenoxy) is 1. The number of thioether (sulfide) groups is 1. The van der Waals surface area contributed by atoms with Gasteiger partial charge < -0.3 is 10.1 Å². The van der Waals surface area contributed by atoms with Crippen LogP contribution in [-0.2, 0) is 35.3 Å². The molecule has 3 rings (SSSR count). The summed E-state index contributed by atoms with van der Waals surface area (Å²) in [6.07, 6.45) is 1.62. The first-order valence-corrected chi connectivity index (χ1v) is 15.8. The van der Waals surface area contributed by atoms with Crippen LogP contribution in [0.1, 0.15) is 12.0 Å². The zero-order chi connectivity index (χ0) is 26.2. The number of benzene rings is 2. The Morgan fingerprint density at radius 1 is 1.08 bits per heavy atom. The van der Waals surface area contributed by atoms with E-state index >= 15 is 0 Å². The van der Waals surface area contributed by atoms with Crippen molar-refractivity contribution >= 4 is 43.4 Å². The summed E-state index contributed by atoms with van der Waals surface area (Å²) in [6.45, 7) is 1.05. The molecule has 0 radical (unpaired) electrons. The van der Waals surface area contributed by atoms with Crippen LogP contribution in [0.5, 0.6) is 0 Å². The van der Waals surface area contributed by atoms with E-state index in [1.807, 2.05) is 0 Å². The van der Waals surface area contributed by atoms with E-state index in [0.717, 1.165) is 10.6 Å². The molecule has 0 spiro atoms. The van der Waals surface area contributed by atoms with E-state index < -0.39 is 32.5 Å². The summed E-state index contributed by atoms with van der Waals surface area (Å²) >= 11 is 1.54. The van der Waals surface area contributed by atoms with E-state index in [9.17, 15) is 26.0 Å². The fourth-order valence-corrected chi connectivity index (χ4v) is 6.72. The molecule has 1 N–H and O–H groups in total. The number of hydrogen-bond acceptors (Lipinski definition) is 7. The van der Waals surface area contributed by atoms with Crippen LogP contribution in [0.15, 0.2) is 53.4 Å². The molecular weight excluding hydrogens is 529 g/mol. The Morgan fingerprint density at radius 2 is 1.75 bits per heavy atom. The summed E-state index contributed by atoms with van der Waals surface area (Å²) in [5.41, 5.74) is 0.813. The van der Waals surface area contributed by atoms with E-state index in [0.29, 0.717) is 43.2 Å². The average Bonchev–Trinajstić information content (AvgIpc) is 2.85. The monoisotopic (exact) mass is 559 g/mol. The second kappa shape index (κ2) is 12.9. The maximum absolute atomic E-state index is 13.6. The minimum atomic E-state index is -3.80. The third kappa shape index (κ3) is 7.90. The number of anilines is 1. The largest absolute Gasteiger partial charge is 0.379 e. The van der Waals surface area contributed by atoms with Gasteiger partial charge in [0.1, 0.15) is 12.4 Å². The lowest BCUT2D eigenvalue weighted by molar-refractivity contribution is -0.119. The van der Waals surface area contributed by atoms with Gasteiger partial charge in [-0.1, -0.05) is 18.2 Å². The van der Waals surface area contributed by atoms with Crippen molar-refractivity contribution in [3.05, 3.63) is 59.9 Å². The van der Waals surface area contributed by atoms with E-state index in [2.05, 4.69) is 5.32 Å². The first-order chi connectivity index (χ1) is 17.1. The van der Waals surface area contributed by atoms with Gasteiger partial charge in [0.2, 0.25) is 26.0 Å². The topological polar surface area (TPSA) is 113 Å². The highest BCUT2D eigenvalue weighted by Gasteiger charge is 2.27. The smallest absolute Gasteiger partial charge is 0.243 e. The van der Waals surface area contributed by atoms with Crippen LogP contribution in [0.4, 0.5) is 10.1 Å². The van der Waals surface area contributed by atoms with Gasteiger partial charge in [-0.15, -0.1) is 0 Å². The molecule has 1 saturated heterocycles. The Kier molecular flexibility index (Phi) is 10.1. The number of halogens is 1. The predicted molar refractivity (Wildman–Crippen MR) is 138 cm³/mol. The molecule has 198 valence electrons. The number of sulfonamides is 2. The fourth-order valence-electron chi connectivity index (χ4n) is 3.51. The molecule has 1 fully saturated rings. The lowest BCUT2D eigenvalue weighted by Gasteiger charge is -2.26. The Morgan fingerprint density at radius 3 is 2.39 bits per heavy atom. The van der Waals surface area contributed by atoms with Gasteiger partial charge in [0.25, 0.3) is 0 Å². The lowest BCUT2D eigenvalue weighted by Crippen LogP contribution is -2.41. The molecule has 0 unspecified atom stereocenters. The number of carbonyl (C=O) groups is 1. The molecule has 0 saturated carbocycles. The number of amides is 1. The van der Waals surface area contributed by atoms with Crippen LogP contribution in [0.25, 0.3) is 0 Å². The van der Waals surface area contributed by atoms with Gasteiger partial charge in [-0.3, -0.25) is 9.10 Å². The molecule has 9 nitrogen and oxygen atoms in total. The second-order valence-electron chi connectivity index (χ2n) is 8.13. The molecule has 1 amide bonds. The number of rotatable bonds is 12. The minimum absolute atomic E-state index is 0.0407. The van der Waals surface area contributed by atoms with Crippen LogP contribution in [0, 0.1) is 5.82 Å². The van der Waals surface area contributed by atoms with Crippen molar-refractivity contribution in [2.75, 3.05) is 55.7 Å². The minimum Gasteiger partial charge on any atom is -0.379 e. The lowest BCUT2D eigenvalue weighted by atomic mass is 10.2. The van der Waals surface area contributed by atoms with Gasteiger partial charge in [-0.25, -0.2) is 21.2 Å². The zero-order valence-corrected chi connectivity index (χ0v) is 22.4. The molecule has 1 aliphatic heterocycles. The van der Waals surface area contributed by atoms with E-state index in [-0.39, 0.29) is 29.5 Å². The summed E-state index contributed by atoms with van der Waals surface area (Å²) in [5.74, 6) is 0.499. The highest BCUT2D eigenvalue weighted by molar-refractivity contribution is 7.98. The zero-order valence-electron chi connectivity index (χ0n) is 19.9. The molecule has 0 aromatic heterocycles. The molecule has 2 aromatic carbocycles. The summed E-state index contributed by atoms with van der Waals surface area (Å²) in [7, 11) is -7.52. The van der Waals surface area contributed by atoms with Crippen molar-refractivity contribution in [3.63, 3.8) is 0 Å². The number of hydrogen-bond donors (Lipinski definition) is 1. The number of nitrogens with zero attached hydrogens (tertiary/aromatic N) is 2. The molecular formula is C23H30FN3O6S3. The van der Waals surface area contributed by atoms with Gasteiger partial charge in [0.15, 0.2) is 0 Å². The van der Waals surface area contributed by atoms with E-state index in [1.165, 1.54) is 34.6 Å². The average molecular weight is 560 g/mol. The molecule has 1 aliphatic rings. The molecule has 0 atom stereocenters. The Labute approximate surface area is 216 Å². The van der Waals surface area contributed by atoms with Crippen molar-refractivity contribution in [1.29, 1.82) is 0 Å². The first kappa shape index (κ1) is 28.4. The Hall–Kier alpha value is -2.19. The summed E-state index contributed by atoms with van der Waals surface area (Å²) in [4.78, 5) is 12.5. The third-order valence-electron chi connectivity index (χ3n) is 5.42. The quantitative estimate of drug-likeness (QED) is 0.396. The maximum Gasteiger partial charge on any atom is 0.243 e. The van der Waals surface area contributed by atoms with Gasteiger partial charge in [-0.2, -0.15) is 16.1 Å². The van der Waals surface area contributed by atoms with Gasteiger partial charge in [0, 0.05) is 25.4 Å². The van der Waals surface area contributed by atoms with Gasteiger partial charge in [-0.05, 0) is 48.1 Å². The van der Waals surface area contributed by atoms with Crippen molar-refractivity contribution in [2.45, 2.75) is 17.1 Å². The number of carbonyl (C=O) groups excluding carboxylic acids is 1. The van der Waals surface area contributed by atoms with Gasteiger partial charge in [0.05, 0.1) is 30.1 Å². The number of morpholine rings is 1. The molecule has 0 bridgehead atoms. The van der Waals surface area contributed by atoms with E-state index in [1.54, 1.807) is 30.0 Å². The molecule has 1 heterocycles. The molecule has 36 heavy (non-hydrogen) atoms. The van der Waals surface area contributed by atoms with Crippen molar-refractivity contribution in [3.8, 4) is 0 Å². The van der Waals surface area contributed by atoms with Crippen LogP contribution < -0.4 is 9.62 Å². The normalized spacial score (nSPS) is 14.9. The van der Waals surface area contributed by atoms with Crippen molar-refractivity contribution < 1.29 is 30.8 Å². The van der Waals surface area contributed by atoms with Crippen LogP contribution in [0.2, 0.25) is 0 Å². The van der Waals surface area contributed by atoms with Gasteiger partial charge >= 0.3 is 0 Å². The highest BCUT2D eigenvalue weighted by atomic mass is 32.2. The summed E-state index contributed by atoms with van der Waals surface area (Å²) in [6, 6.07) is 12.0. The fraction of sp³-hybridized carbons (Fsp3) is 0.435. The predicted octanol–water partition coefficient (Wildman–Crippen LogP) is 2.05. The standard InChI is InChI=1S/C23H30FN3O6S3/c1-35(29,30)27(17-23(28)25-11-4-16-34-18-19-5-2-3-6-22(19)24)20-7-9-21(10-8-20)36(31,32)26-12-14-33-15-13-26/h2-3,5-10H,4,11-18H2,1H3,(H,25,28). The first-order valence-electron chi connectivity index (χ1n) is 11.3. The third-order valence-corrected chi connectivity index (χ3v) is 9.57. The highest BCUT2D eigenvalue weighted by Crippen LogP contribution is 2.23. The SMILES string of the molecule is CS(=O)(=O)N(CC(=O)NCCCSCc1ccccc1F)c1ccc(S(=O)(=O)N2CCOCC2)cc1. The Balaban J connectivity index is 1.52. The Bertz CT molecular complexity index is 1230. The van der Waals surface area contributed by atoms with Crippen LogP contribution in [-0.4, -0.2) is 78.4 Å². The van der Waals surface area contributed by atoms with Crippen molar-refractivity contribution in [1.82, 2.24) is 9.62 Å².